The molecule has 2 rings (SSSR count). The van der Waals surface area contributed by atoms with E-state index in [1.807, 2.05) is 0 Å². The minimum absolute atomic E-state index is 1.22. The van der Waals surface area contributed by atoms with Crippen molar-refractivity contribution in [3.8, 4) is 0 Å². The summed E-state index contributed by atoms with van der Waals surface area (Å²) in [4.78, 5) is 0. The molecule has 0 nitrogen and oxygen atoms in total. The molecule has 2 aliphatic carbocycles. The van der Waals surface area contributed by atoms with Crippen LogP contribution in [0.4, 0.5) is 0 Å². The minimum Gasteiger partial charge on any atom is -0.0958 e. The van der Waals surface area contributed by atoms with Crippen LogP contribution in [0.2, 0.25) is 0 Å². The van der Waals surface area contributed by atoms with Crippen molar-refractivity contribution >= 4 is 16.5 Å². The van der Waals surface area contributed by atoms with Gasteiger partial charge in [-0.3, -0.25) is 0 Å². The summed E-state index contributed by atoms with van der Waals surface area (Å²) in [7, 11) is 2.74. The lowest BCUT2D eigenvalue weighted by Crippen LogP contribution is -1.61. The van der Waals surface area contributed by atoms with Crippen LogP contribution in [0.1, 0.15) is 25.7 Å². The fraction of sp³-hybridized carbons (Fsp3) is 1.00. The van der Waals surface area contributed by atoms with E-state index in [1.54, 1.807) is 25.7 Å². The molecule has 0 amide bonds. The number of hydrogen-bond donors (Lipinski definition) is 0. The van der Waals surface area contributed by atoms with E-state index >= 15 is 0 Å². The third kappa shape index (κ3) is 1.67. The SMILES string of the molecule is C1CC1PPC1CC1. The topological polar surface area (TPSA) is 0 Å². The van der Waals surface area contributed by atoms with E-state index < -0.39 is 0 Å². The molecule has 0 aromatic heterocycles. The molecule has 2 unspecified atom stereocenters. The Balaban J connectivity index is 1.56. The Labute approximate surface area is 54.3 Å². The normalized spacial score (nSPS) is 31.5. The third-order valence-corrected chi connectivity index (χ3v) is 6.73. The highest BCUT2D eigenvalue weighted by Gasteiger charge is 2.26. The molecule has 0 radical (unpaired) electrons. The second kappa shape index (κ2) is 2.24. The van der Waals surface area contributed by atoms with Gasteiger partial charge in [-0.1, -0.05) is 16.5 Å². The van der Waals surface area contributed by atoms with Gasteiger partial charge < -0.3 is 0 Å². The summed E-state index contributed by atoms with van der Waals surface area (Å²) >= 11 is 0. The summed E-state index contributed by atoms with van der Waals surface area (Å²) in [5.74, 6) is 0. The molecule has 8 heavy (non-hydrogen) atoms. The van der Waals surface area contributed by atoms with Crippen molar-refractivity contribution in [1.29, 1.82) is 0 Å². The van der Waals surface area contributed by atoms with Crippen LogP contribution >= 0.6 is 16.5 Å². The van der Waals surface area contributed by atoms with Crippen molar-refractivity contribution < 1.29 is 0 Å². The molecule has 0 spiro atoms. The molecule has 0 aliphatic heterocycles. The number of rotatable bonds is 3. The Bertz CT molecular complexity index is 72.5. The number of hydrogen-bond acceptors (Lipinski definition) is 0. The van der Waals surface area contributed by atoms with E-state index in [1.165, 1.54) is 27.9 Å². The van der Waals surface area contributed by atoms with Gasteiger partial charge in [-0.15, -0.1) is 0 Å². The minimum atomic E-state index is 1.22. The third-order valence-electron chi connectivity index (χ3n) is 1.65. The lowest BCUT2D eigenvalue weighted by atomic mass is 11.0. The molecular formula is C6H12P2. The zero-order chi connectivity index (χ0) is 5.40. The summed E-state index contributed by atoms with van der Waals surface area (Å²) in [6.45, 7) is 0. The van der Waals surface area contributed by atoms with Crippen LogP contribution in [0.3, 0.4) is 0 Å². The standard InChI is InChI=1S/C6H12P2/c1-2-5(1)7-8-6-3-4-6/h5-8H,1-4H2. The first-order valence-corrected chi connectivity index (χ1v) is 6.62. The largest absolute Gasteiger partial charge is 0.0958 e. The molecular weight excluding hydrogens is 134 g/mol. The summed E-state index contributed by atoms with van der Waals surface area (Å²) < 4.78 is 0. The summed E-state index contributed by atoms with van der Waals surface area (Å²) in [6.07, 6.45) is 6.27. The molecule has 2 fully saturated rings. The maximum absolute atomic E-state index is 1.57. The monoisotopic (exact) mass is 146 g/mol. The van der Waals surface area contributed by atoms with Crippen LogP contribution < -0.4 is 0 Å². The Hall–Kier alpha value is 0.860. The fourth-order valence-corrected chi connectivity index (χ4v) is 5.22. The molecule has 2 aliphatic rings. The fourth-order valence-electron chi connectivity index (χ4n) is 0.691. The van der Waals surface area contributed by atoms with Gasteiger partial charge >= 0.3 is 0 Å². The quantitative estimate of drug-likeness (QED) is 0.537. The molecule has 0 aromatic rings. The van der Waals surface area contributed by atoms with Gasteiger partial charge in [0.1, 0.15) is 0 Å². The van der Waals surface area contributed by atoms with Crippen molar-refractivity contribution in [1.82, 2.24) is 0 Å². The molecule has 0 N–H and O–H groups in total. The first-order valence-electron chi connectivity index (χ1n) is 3.46. The van der Waals surface area contributed by atoms with E-state index in [0.29, 0.717) is 0 Å². The van der Waals surface area contributed by atoms with E-state index in [4.69, 9.17) is 0 Å². The molecule has 46 valence electrons. The maximum atomic E-state index is 1.57. The van der Waals surface area contributed by atoms with Gasteiger partial charge in [-0.25, -0.2) is 0 Å². The molecule has 2 saturated carbocycles. The van der Waals surface area contributed by atoms with Crippen molar-refractivity contribution in [2.45, 2.75) is 37.0 Å². The van der Waals surface area contributed by atoms with Gasteiger partial charge in [-0.05, 0) is 37.0 Å². The van der Waals surface area contributed by atoms with Gasteiger partial charge in [0.15, 0.2) is 0 Å². The molecule has 0 bridgehead atoms. The van der Waals surface area contributed by atoms with E-state index in [2.05, 4.69) is 0 Å². The van der Waals surface area contributed by atoms with Crippen molar-refractivity contribution in [3.05, 3.63) is 0 Å². The first kappa shape index (κ1) is 5.63. The zero-order valence-electron chi connectivity index (χ0n) is 4.98. The van der Waals surface area contributed by atoms with Crippen LogP contribution in [0.5, 0.6) is 0 Å². The second-order valence-electron chi connectivity index (χ2n) is 2.84. The first-order chi connectivity index (χ1) is 3.95. The molecule has 2 atom stereocenters. The van der Waals surface area contributed by atoms with Crippen molar-refractivity contribution in [2.24, 2.45) is 0 Å². The van der Waals surface area contributed by atoms with Crippen LogP contribution in [-0.4, -0.2) is 11.3 Å². The Kier molecular flexibility index (Phi) is 1.57. The predicted molar refractivity (Wildman–Crippen MR) is 42.7 cm³/mol. The van der Waals surface area contributed by atoms with Gasteiger partial charge in [0.05, 0.1) is 0 Å². The lowest BCUT2D eigenvalue weighted by molar-refractivity contribution is 1.50. The van der Waals surface area contributed by atoms with Crippen LogP contribution in [-0.2, 0) is 0 Å². The van der Waals surface area contributed by atoms with Crippen molar-refractivity contribution in [3.63, 3.8) is 0 Å². The highest BCUT2D eigenvalue weighted by atomic mass is 32.0. The molecule has 0 heterocycles. The molecule has 0 aromatic carbocycles. The average Bonchev–Trinajstić information content (AvgIpc) is 2.60. The average molecular weight is 146 g/mol. The summed E-state index contributed by atoms with van der Waals surface area (Å²) in [5.41, 5.74) is 2.43. The Morgan fingerprint density at radius 3 is 1.38 bits per heavy atom. The Morgan fingerprint density at radius 2 is 1.12 bits per heavy atom. The van der Waals surface area contributed by atoms with E-state index in [9.17, 15) is 0 Å². The maximum Gasteiger partial charge on any atom is -0.0200 e. The zero-order valence-corrected chi connectivity index (χ0v) is 6.98. The van der Waals surface area contributed by atoms with Gasteiger partial charge in [0.2, 0.25) is 0 Å². The van der Waals surface area contributed by atoms with Crippen molar-refractivity contribution in [2.75, 3.05) is 0 Å². The summed E-state index contributed by atoms with van der Waals surface area (Å²) in [6, 6.07) is 0. The van der Waals surface area contributed by atoms with Crippen LogP contribution in [0, 0.1) is 0 Å². The highest BCUT2D eigenvalue weighted by molar-refractivity contribution is 8.12. The molecule has 2 heteroatoms. The van der Waals surface area contributed by atoms with E-state index in [0.717, 1.165) is 0 Å². The van der Waals surface area contributed by atoms with Gasteiger partial charge in [0.25, 0.3) is 0 Å². The van der Waals surface area contributed by atoms with Crippen LogP contribution in [0.25, 0.3) is 0 Å². The highest BCUT2D eigenvalue weighted by Crippen LogP contribution is 2.58. The van der Waals surface area contributed by atoms with Gasteiger partial charge in [-0.2, -0.15) is 0 Å². The predicted octanol–water partition coefficient (Wildman–Crippen LogP) is 2.58. The lowest BCUT2D eigenvalue weighted by Gasteiger charge is -1.92. The van der Waals surface area contributed by atoms with Crippen LogP contribution in [0.15, 0.2) is 0 Å². The smallest absolute Gasteiger partial charge is 0.0200 e. The summed E-state index contributed by atoms with van der Waals surface area (Å²) in [5, 5.41) is 0. The van der Waals surface area contributed by atoms with Gasteiger partial charge in [0, 0.05) is 0 Å². The van der Waals surface area contributed by atoms with E-state index in [-0.39, 0.29) is 0 Å². The second-order valence-corrected chi connectivity index (χ2v) is 6.78. The Morgan fingerprint density at radius 1 is 0.750 bits per heavy atom. The molecule has 0 saturated heterocycles.